The zero-order valence-electron chi connectivity index (χ0n) is 9.91. The van der Waals surface area contributed by atoms with E-state index in [9.17, 15) is 5.11 Å². The summed E-state index contributed by atoms with van der Waals surface area (Å²) in [5.74, 6) is 0. The maximum absolute atomic E-state index is 10.4. The number of hydrogen-bond acceptors (Lipinski definition) is 3. The Kier molecular flexibility index (Phi) is 4.32. The van der Waals surface area contributed by atoms with Gasteiger partial charge in [-0.2, -0.15) is 0 Å². The van der Waals surface area contributed by atoms with Crippen LogP contribution in [0.15, 0.2) is 11.4 Å². The van der Waals surface area contributed by atoms with Crippen molar-refractivity contribution in [2.45, 2.75) is 45.3 Å². The molecular formula is C12H20O2S. The van der Waals surface area contributed by atoms with E-state index in [1.807, 2.05) is 18.4 Å². The lowest BCUT2D eigenvalue weighted by Gasteiger charge is -2.35. The topological polar surface area (TPSA) is 29.5 Å². The molecule has 0 fully saturated rings. The SMILES string of the molecule is CCC(CC)(OC)C(O)c1ccsc1C. The molecule has 0 aliphatic carbocycles. The van der Waals surface area contributed by atoms with Crippen LogP contribution in [0.5, 0.6) is 0 Å². The summed E-state index contributed by atoms with van der Waals surface area (Å²) < 4.78 is 5.53. The third-order valence-corrected chi connectivity index (χ3v) is 4.16. The summed E-state index contributed by atoms with van der Waals surface area (Å²) in [5, 5.41) is 12.4. The number of hydrogen-bond donors (Lipinski definition) is 1. The largest absolute Gasteiger partial charge is 0.385 e. The first kappa shape index (κ1) is 12.7. The molecule has 0 saturated carbocycles. The van der Waals surface area contributed by atoms with Gasteiger partial charge in [-0.1, -0.05) is 13.8 Å². The fourth-order valence-electron chi connectivity index (χ4n) is 2.00. The average Bonchev–Trinajstić information content (AvgIpc) is 2.67. The molecule has 3 heteroatoms. The summed E-state index contributed by atoms with van der Waals surface area (Å²) in [4.78, 5) is 1.17. The number of thiophene rings is 1. The smallest absolute Gasteiger partial charge is 0.109 e. The Bertz CT molecular complexity index is 294. The highest BCUT2D eigenvalue weighted by Crippen LogP contribution is 2.37. The molecule has 1 unspecified atom stereocenters. The van der Waals surface area contributed by atoms with Gasteiger partial charge in [0.15, 0.2) is 0 Å². The van der Waals surface area contributed by atoms with Crippen LogP contribution in [0.1, 0.15) is 43.2 Å². The molecule has 1 aromatic heterocycles. The van der Waals surface area contributed by atoms with Gasteiger partial charge in [-0.3, -0.25) is 0 Å². The van der Waals surface area contributed by atoms with Gasteiger partial charge in [-0.25, -0.2) is 0 Å². The molecule has 0 bridgehead atoms. The molecule has 0 radical (unpaired) electrons. The molecule has 1 heterocycles. The second-order valence-electron chi connectivity index (χ2n) is 3.81. The van der Waals surface area contributed by atoms with Crippen molar-refractivity contribution in [3.63, 3.8) is 0 Å². The third kappa shape index (κ3) is 2.25. The molecule has 1 N–H and O–H groups in total. The number of aliphatic hydroxyl groups excluding tert-OH is 1. The highest BCUT2D eigenvalue weighted by atomic mass is 32.1. The maximum atomic E-state index is 10.4. The van der Waals surface area contributed by atoms with Crippen molar-refractivity contribution in [1.29, 1.82) is 0 Å². The summed E-state index contributed by atoms with van der Waals surface area (Å²) in [7, 11) is 1.68. The Labute approximate surface area is 95.9 Å². The van der Waals surface area contributed by atoms with Crippen LogP contribution >= 0.6 is 11.3 Å². The van der Waals surface area contributed by atoms with E-state index < -0.39 is 11.7 Å². The highest BCUT2D eigenvalue weighted by Gasteiger charge is 2.36. The van der Waals surface area contributed by atoms with Gasteiger partial charge < -0.3 is 9.84 Å². The van der Waals surface area contributed by atoms with Crippen LogP contribution in [-0.2, 0) is 4.74 Å². The van der Waals surface area contributed by atoms with Crippen LogP contribution < -0.4 is 0 Å². The molecule has 1 rings (SSSR count). The van der Waals surface area contributed by atoms with Crippen LogP contribution in [0, 0.1) is 6.92 Å². The van der Waals surface area contributed by atoms with Crippen LogP contribution in [0.2, 0.25) is 0 Å². The number of ether oxygens (including phenoxy) is 1. The minimum atomic E-state index is -0.524. The molecule has 86 valence electrons. The Morgan fingerprint density at radius 1 is 1.47 bits per heavy atom. The Morgan fingerprint density at radius 3 is 2.40 bits per heavy atom. The minimum absolute atomic E-state index is 0.439. The predicted molar refractivity (Wildman–Crippen MR) is 64.3 cm³/mol. The van der Waals surface area contributed by atoms with E-state index in [-0.39, 0.29) is 0 Å². The lowest BCUT2D eigenvalue weighted by atomic mass is 9.86. The highest BCUT2D eigenvalue weighted by molar-refractivity contribution is 7.10. The lowest BCUT2D eigenvalue weighted by Crippen LogP contribution is -2.37. The molecule has 0 spiro atoms. The average molecular weight is 228 g/mol. The Morgan fingerprint density at radius 2 is 2.07 bits per heavy atom. The second kappa shape index (κ2) is 5.10. The van der Waals surface area contributed by atoms with Gasteiger partial charge in [0.05, 0.1) is 5.60 Å². The molecule has 15 heavy (non-hydrogen) atoms. The summed E-state index contributed by atoms with van der Waals surface area (Å²) in [5.41, 5.74) is 0.566. The normalized spacial score (nSPS) is 14.2. The first-order chi connectivity index (χ1) is 7.11. The van der Waals surface area contributed by atoms with Crippen molar-refractivity contribution in [2.24, 2.45) is 0 Å². The van der Waals surface area contributed by atoms with Gasteiger partial charge >= 0.3 is 0 Å². The van der Waals surface area contributed by atoms with E-state index in [0.29, 0.717) is 0 Å². The van der Waals surface area contributed by atoms with Crippen LogP contribution in [0.25, 0.3) is 0 Å². The number of aliphatic hydroxyl groups is 1. The second-order valence-corrected chi connectivity index (χ2v) is 4.93. The molecule has 0 amide bonds. The van der Waals surface area contributed by atoms with Gasteiger partial charge in [0, 0.05) is 12.0 Å². The fourth-order valence-corrected chi connectivity index (χ4v) is 2.73. The Hall–Kier alpha value is -0.380. The monoisotopic (exact) mass is 228 g/mol. The molecule has 1 aromatic rings. The zero-order valence-corrected chi connectivity index (χ0v) is 10.7. The summed E-state index contributed by atoms with van der Waals surface area (Å²) in [6.07, 6.45) is 1.11. The van der Waals surface area contributed by atoms with Crippen molar-refractivity contribution in [1.82, 2.24) is 0 Å². The molecule has 0 aliphatic rings. The summed E-state index contributed by atoms with van der Waals surface area (Å²) >= 11 is 1.66. The zero-order chi connectivity index (χ0) is 11.5. The first-order valence-electron chi connectivity index (χ1n) is 5.38. The summed E-state index contributed by atoms with van der Waals surface area (Å²) in [6.45, 7) is 6.14. The van der Waals surface area contributed by atoms with Crippen molar-refractivity contribution in [3.05, 3.63) is 21.9 Å². The first-order valence-corrected chi connectivity index (χ1v) is 6.26. The van der Waals surface area contributed by atoms with E-state index in [0.717, 1.165) is 18.4 Å². The van der Waals surface area contributed by atoms with Crippen molar-refractivity contribution in [2.75, 3.05) is 7.11 Å². The van der Waals surface area contributed by atoms with Crippen molar-refractivity contribution >= 4 is 11.3 Å². The van der Waals surface area contributed by atoms with E-state index in [1.165, 1.54) is 4.88 Å². The van der Waals surface area contributed by atoms with Gasteiger partial charge in [0.25, 0.3) is 0 Å². The fraction of sp³-hybridized carbons (Fsp3) is 0.667. The number of aryl methyl sites for hydroxylation is 1. The number of methoxy groups -OCH3 is 1. The van der Waals surface area contributed by atoms with Crippen LogP contribution in [0.3, 0.4) is 0 Å². The van der Waals surface area contributed by atoms with E-state index in [2.05, 4.69) is 13.8 Å². The molecule has 2 nitrogen and oxygen atoms in total. The van der Waals surface area contributed by atoms with Gasteiger partial charge in [0.1, 0.15) is 6.10 Å². The van der Waals surface area contributed by atoms with E-state index in [1.54, 1.807) is 18.4 Å². The molecule has 0 aliphatic heterocycles. The molecular weight excluding hydrogens is 208 g/mol. The van der Waals surface area contributed by atoms with Gasteiger partial charge in [-0.05, 0) is 36.8 Å². The lowest BCUT2D eigenvalue weighted by molar-refractivity contribution is -0.109. The van der Waals surface area contributed by atoms with Crippen LogP contribution in [0.4, 0.5) is 0 Å². The Balaban J connectivity index is 3.00. The van der Waals surface area contributed by atoms with Crippen LogP contribution in [-0.4, -0.2) is 17.8 Å². The third-order valence-electron chi connectivity index (χ3n) is 3.30. The van der Waals surface area contributed by atoms with Gasteiger partial charge in [0.2, 0.25) is 0 Å². The molecule has 0 saturated heterocycles. The van der Waals surface area contributed by atoms with Crippen molar-refractivity contribution in [3.8, 4) is 0 Å². The van der Waals surface area contributed by atoms with E-state index in [4.69, 9.17) is 4.74 Å². The van der Waals surface area contributed by atoms with Crippen molar-refractivity contribution < 1.29 is 9.84 Å². The van der Waals surface area contributed by atoms with Gasteiger partial charge in [-0.15, -0.1) is 11.3 Å². The standard InChI is InChI=1S/C12H20O2S/c1-5-12(6-2,14-4)11(13)10-7-8-15-9(10)3/h7-8,11,13H,5-6H2,1-4H3. The molecule has 0 aromatic carbocycles. The van der Waals surface area contributed by atoms with E-state index >= 15 is 0 Å². The predicted octanol–water partition coefficient (Wildman–Crippen LogP) is 3.30. The maximum Gasteiger partial charge on any atom is 0.109 e. The summed E-state index contributed by atoms with van der Waals surface area (Å²) in [6, 6.07) is 1.99. The number of rotatable bonds is 5. The quantitative estimate of drug-likeness (QED) is 0.838. The molecule has 1 atom stereocenters. The minimum Gasteiger partial charge on any atom is -0.385 e.